The number of methoxy groups -OCH3 is 1. The number of nitrogens with zero attached hydrogens (tertiary/aromatic N) is 1. The molecule has 15 heavy (non-hydrogen) atoms. The van der Waals surface area contributed by atoms with Crippen LogP contribution in [0.3, 0.4) is 0 Å². The monoisotopic (exact) mass is 207 g/mol. The number of halogens is 1. The summed E-state index contributed by atoms with van der Waals surface area (Å²) in [4.78, 5) is 11.3. The van der Waals surface area contributed by atoms with Gasteiger partial charge in [0.1, 0.15) is 5.82 Å². The number of carbonyl (C=O) groups is 1. The average molecular weight is 207 g/mol. The molecule has 0 aliphatic carbocycles. The van der Waals surface area contributed by atoms with Gasteiger partial charge in [-0.25, -0.2) is 9.18 Å². The minimum Gasteiger partial charge on any atom is -0.465 e. The molecule has 0 saturated carbocycles. The van der Waals surface area contributed by atoms with Gasteiger partial charge >= 0.3 is 5.97 Å². The van der Waals surface area contributed by atoms with E-state index in [2.05, 4.69) is 4.74 Å². The zero-order valence-corrected chi connectivity index (χ0v) is 8.50. The maximum absolute atomic E-state index is 13.1. The van der Waals surface area contributed by atoms with E-state index >= 15 is 0 Å². The second kappa shape index (κ2) is 4.56. The first kappa shape index (κ1) is 11.2. The molecule has 1 aromatic carbocycles. The van der Waals surface area contributed by atoms with Crippen molar-refractivity contribution in [2.24, 2.45) is 0 Å². The third kappa shape index (κ3) is 2.13. The van der Waals surface area contributed by atoms with Crippen molar-refractivity contribution in [1.82, 2.24) is 0 Å². The lowest BCUT2D eigenvalue weighted by Crippen LogP contribution is -2.08. The van der Waals surface area contributed by atoms with Crippen LogP contribution in [-0.2, 0) is 11.2 Å². The van der Waals surface area contributed by atoms with E-state index in [-0.39, 0.29) is 11.1 Å². The van der Waals surface area contributed by atoms with E-state index in [1.165, 1.54) is 7.11 Å². The number of nitriles is 1. The molecule has 0 N–H and O–H groups in total. The molecule has 0 aliphatic heterocycles. The van der Waals surface area contributed by atoms with Crippen LogP contribution in [0.4, 0.5) is 4.39 Å². The van der Waals surface area contributed by atoms with Crippen molar-refractivity contribution >= 4 is 5.97 Å². The third-order valence-corrected chi connectivity index (χ3v) is 2.09. The molecule has 0 heterocycles. The Bertz CT molecular complexity index is 435. The lowest BCUT2D eigenvalue weighted by Gasteiger charge is -2.07. The van der Waals surface area contributed by atoms with Gasteiger partial charge in [0.2, 0.25) is 0 Å². The molecule has 0 aromatic heterocycles. The Kier molecular flexibility index (Phi) is 3.40. The van der Waals surface area contributed by atoms with Crippen molar-refractivity contribution in [3.05, 3.63) is 34.6 Å². The van der Waals surface area contributed by atoms with E-state index in [0.29, 0.717) is 12.0 Å². The van der Waals surface area contributed by atoms with Gasteiger partial charge in [-0.15, -0.1) is 0 Å². The summed E-state index contributed by atoms with van der Waals surface area (Å²) in [6, 6.07) is 4.06. The first-order chi connectivity index (χ1) is 7.13. The maximum Gasteiger partial charge on any atom is 0.338 e. The summed E-state index contributed by atoms with van der Waals surface area (Å²) in [5, 5.41) is 8.78. The fraction of sp³-hybridized carbons (Fsp3) is 0.273. The number of carbonyl (C=O) groups excluding carboxylic acids is 1. The highest BCUT2D eigenvalue weighted by atomic mass is 19.1. The Hall–Kier alpha value is -1.89. The van der Waals surface area contributed by atoms with Crippen molar-refractivity contribution in [3.63, 3.8) is 0 Å². The van der Waals surface area contributed by atoms with Crippen LogP contribution in [0.1, 0.15) is 28.4 Å². The molecule has 4 heteroatoms. The molecule has 0 amide bonds. The first-order valence-corrected chi connectivity index (χ1v) is 4.44. The summed E-state index contributed by atoms with van der Waals surface area (Å²) < 4.78 is 17.6. The SMILES string of the molecule is CCc1c(C#N)cc(F)cc1C(=O)OC. The molecule has 0 atom stereocenters. The topological polar surface area (TPSA) is 50.1 Å². The normalized spacial score (nSPS) is 9.47. The van der Waals surface area contributed by atoms with Crippen molar-refractivity contribution < 1.29 is 13.9 Å². The maximum atomic E-state index is 13.1. The summed E-state index contributed by atoms with van der Waals surface area (Å²) in [5.41, 5.74) is 0.820. The molecule has 0 unspecified atom stereocenters. The van der Waals surface area contributed by atoms with Gasteiger partial charge in [0.05, 0.1) is 24.3 Å². The predicted octanol–water partition coefficient (Wildman–Crippen LogP) is 2.05. The number of esters is 1. The molecule has 0 radical (unpaired) electrons. The van der Waals surface area contributed by atoms with Gasteiger partial charge in [0.15, 0.2) is 0 Å². The van der Waals surface area contributed by atoms with Gasteiger partial charge in [0.25, 0.3) is 0 Å². The van der Waals surface area contributed by atoms with E-state index in [1.54, 1.807) is 6.92 Å². The fourth-order valence-electron chi connectivity index (χ4n) is 1.41. The third-order valence-electron chi connectivity index (χ3n) is 2.09. The number of benzene rings is 1. The Morgan fingerprint density at radius 3 is 2.73 bits per heavy atom. The Labute approximate surface area is 87.1 Å². The number of hydrogen-bond acceptors (Lipinski definition) is 3. The van der Waals surface area contributed by atoms with Crippen LogP contribution in [0.2, 0.25) is 0 Å². The van der Waals surface area contributed by atoms with Crippen LogP contribution >= 0.6 is 0 Å². The van der Waals surface area contributed by atoms with Gasteiger partial charge in [-0.2, -0.15) is 5.26 Å². The first-order valence-electron chi connectivity index (χ1n) is 4.44. The molecular formula is C11H10FNO2. The van der Waals surface area contributed by atoms with Gasteiger partial charge in [-0.3, -0.25) is 0 Å². The zero-order chi connectivity index (χ0) is 11.4. The van der Waals surface area contributed by atoms with Crippen molar-refractivity contribution in [2.75, 3.05) is 7.11 Å². The second-order valence-corrected chi connectivity index (χ2v) is 2.94. The summed E-state index contributed by atoms with van der Waals surface area (Å²) in [5.74, 6) is -1.23. The standard InChI is InChI=1S/C11H10FNO2/c1-3-9-7(6-13)4-8(12)5-10(9)11(14)15-2/h4-5H,3H2,1-2H3. The molecule has 78 valence electrons. The van der Waals surface area contributed by atoms with Crippen LogP contribution < -0.4 is 0 Å². The minimum atomic E-state index is -0.622. The van der Waals surface area contributed by atoms with Gasteiger partial charge in [0, 0.05) is 0 Å². The minimum absolute atomic E-state index is 0.122. The molecule has 3 nitrogen and oxygen atoms in total. The van der Waals surface area contributed by atoms with E-state index < -0.39 is 11.8 Å². The molecule has 0 aliphatic rings. The molecular weight excluding hydrogens is 197 g/mol. The molecule has 1 aromatic rings. The van der Waals surface area contributed by atoms with Crippen LogP contribution in [0.25, 0.3) is 0 Å². The van der Waals surface area contributed by atoms with Crippen molar-refractivity contribution in [3.8, 4) is 6.07 Å². The second-order valence-electron chi connectivity index (χ2n) is 2.94. The van der Waals surface area contributed by atoms with E-state index in [4.69, 9.17) is 5.26 Å². The summed E-state index contributed by atoms with van der Waals surface area (Å²) in [6.07, 6.45) is 0.480. The average Bonchev–Trinajstić information content (AvgIpc) is 2.26. The predicted molar refractivity (Wildman–Crippen MR) is 51.8 cm³/mol. The van der Waals surface area contributed by atoms with Crippen molar-refractivity contribution in [2.45, 2.75) is 13.3 Å². The Morgan fingerprint density at radius 2 is 2.27 bits per heavy atom. The highest BCUT2D eigenvalue weighted by Crippen LogP contribution is 2.18. The number of rotatable bonds is 2. The number of ether oxygens (including phenoxy) is 1. The highest BCUT2D eigenvalue weighted by molar-refractivity contribution is 5.91. The van der Waals surface area contributed by atoms with Gasteiger partial charge in [-0.05, 0) is 24.1 Å². The number of hydrogen-bond donors (Lipinski definition) is 0. The van der Waals surface area contributed by atoms with Crippen LogP contribution in [0, 0.1) is 17.1 Å². The Balaban J connectivity index is 3.43. The van der Waals surface area contributed by atoms with E-state index in [0.717, 1.165) is 12.1 Å². The summed E-state index contributed by atoms with van der Waals surface area (Å²) in [7, 11) is 1.22. The van der Waals surface area contributed by atoms with Gasteiger partial charge < -0.3 is 4.74 Å². The molecule has 0 bridgehead atoms. The smallest absolute Gasteiger partial charge is 0.338 e. The van der Waals surface area contributed by atoms with Crippen LogP contribution in [-0.4, -0.2) is 13.1 Å². The highest BCUT2D eigenvalue weighted by Gasteiger charge is 2.15. The molecule has 0 fully saturated rings. The van der Waals surface area contributed by atoms with Gasteiger partial charge in [-0.1, -0.05) is 6.92 Å². The lowest BCUT2D eigenvalue weighted by atomic mass is 9.99. The van der Waals surface area contributed by atoms with Crippen LogP contribution in [0.5, 0.6) is 0 Å². The summed E-state index contributed by atoms with van der Waals surface area (Å²) in [6.45, 7) is 1.79. The zero-order valence-electron chi connectivity index (χ0n) is 8.50. The van der Waals surface area contributed by atoms with Crippen molar-refractivity contribution in [1.29, 1.82) is 5.26 Å². The molecule has 0 saturated heterocycles. The van der Waals surface area contributed by atoms with E-state index in [1.807, 2.05) is 6.07 Å². The van der Waals surface area contributed by atoms with E-state index in [9.17, 15) is 9.18 Å². The van der Waals surface area contributed by atoms with Crippen LogP contribution in [0.15, 0.2) is 12.1 Å². The fourth-order valence-corrected chi connectivity index (χ4v) is 1.41. The molecule has 1 rings (SSSR count). The molecule has 0 spiro atoms. The summed E-state index contributed by atoms with van der Waals surface area (Å²) >= 11 is 0. The lowest BCUT2D eigenvalue weighted by molar-refractivity contribution is 0.0599. The quantitative estimate of drug-likeness (QED) is 0.697. The Morgan fingerprint density at radius 1 is 1.60 bits per heavy atom. The largest absolute Gasteiger partial charge is 0.465 e.